The van der Waals surface area contributed by atoms with Gasteiger partial charge in [-0.15, -0.1) is 0 Å². The molecule has 0 aliphatic rings. The SMILES string of the molecule is CCCNCc1cccn1-c1ccccc1C#N. The van der Waals surface area contributed by atoms with Crippen molar-refractivity contribution in [3.63, 3.8) is 0 Å². The average molecular weight is 239 g/mol. The molecule has 1 aromatic heterocycles. The molecule has 0 atom stereocenters. The summed E-state index contributed by atoms with van der Waals surface area (Å²) in [4.78, 5) is 0. The molecular weight excluding hydrogens is 222 g/mol. The number of para-hydroxylation sites is 1. The van der Waals surface area contributed by atoms with E-state index in [1.165, 1.54) is 5.69 Å². The standard InChI is InChI=1S/C15H17N3/c1-2-9-17-12-14-7-5-10-18(14)15-8-4-3-6-13(15)11-16/h3-8,10,17H,2,9,12H2,1H3. The van der Waals surface area contributed by atoms with Gasteiger partial charge in [-0.3, -0.25) is 0 Å². The van der Waals surface area contributed by atoms with Crippen LogP contribution in [0.25, 0.3) is 5.69 Å². The fraction of sp³-hybridized carbons (Fsp3) is 0.267. The van der Waals surface area contributed by atoms with Crippen LogP contribution < -0.4 is 5.32 Å². The van der Waals surface area contributed by atoms with Crippen LogP contribution in [-0.4, -0.2) is 11.1 Å². The summed E-state index contributed by atoms with van der Waals surface area (Å²) in [6, 6.07) is 14.0. The lowest BCUT2D eigenvalue weighted by molar-refractivity contribution is 0.656. The van der Waals surface area contributed by atoms with E-state index >= 15 is 0 Å². The largest absolute Gasteiger partial charge is 0.318 e. The molecule has 0 saturated carbocycles. The highest BCUT2D eigenvalue weighted by Gasteiger charge is 2.06. The molecule has 0 unspecified atom stereocenters. The summed E-state index contributed by atoms with van der Waals surface area (Å²) in [5.41, 5.74) is 2.81. The molecule has 1 N–H and O–H groups in total. The van der Waals surface area contributed by atoms with E-state index in [9.17, 15) is 0 Å². The monoisotopic (exact) mass is 239 g/mol. The molecule has 0 amide bonds. The van der Waals surface area contributed by atoms with Crippen LogP contribution in [0.3, 0.4) is 0 Å². The van der Waals surface area contributed by atoms with Gasteiger partial charge in [0.25, 0.3) is 0 Å². The van der Waals surface area contributed by atoms with E-state index < -0.39 is 0 Å². The molecule has 3 nitrogen and oxygen atoms in total. The molecule has 2 rings (SSSR count). The maximum absolute atomic E-state index is 9.14. The minimum atomic E-state index is 0.699. The number of nitrogens with zero attached hydrogens (tertiary/aromatic N) is 2. The number of hydrogen-bond acceptors (Lipinski definition) is 2. The number of rotatable bonds is 5. The number of benzene rings is 1. The highest BCUT2D eigenvalue weighted by molar-refractivity contribution is 5.49. The molecule has 0 saturated heterocycles. The molecule has 0 aliphatic carbocycles. The molecule has 1 aromatic carbocycles. The first kappa shape index (κ1) is 12.4. The minimum absolute atomic E-state index is 0.699. The van der Waals surface area contributed by atoms with Gasteiger partial charge in [-0.05, 0) is 37.2 Å². The van der Waals surface area contributed by atoms with E-state index in [1.807, 2.05) is 36.5 Å². The maximum atomic E-state index is 9.14. The van der Waals surface area contributed by atoms with Gasteiger partial charge in [0.1, 0.15) is 6.07 Å². The normalized spacial score (nSPS) is 10.2. The summed E-state index contributed by atoms with van der Waals surface area (Å²) in [5, 5.41) is 12.5. The fourth-order valence-electron chi connectivity index (χ4n) is 1.97. The highest BCUT2D eigenvalue weighted by Crippen LogP contribution is 2.16. The topological polar surface area (TPSA) is 40.8 Å². The Balaban J connectivity index is 2.28. The van der Waals surface area contributed by atoms with Gasteiger partial charge in [-0.25, -0.2) is 0 Å². The summed E-state index contributed by atoms with van der Waals surface area (Å²) >= 11 is 0. The maximum Gasteiger partial charge on any atom is 0.101 e. The van der Waals surface area contributed by atoms with E-state index in [1.54, 1.807) is 0 Å². The predicted octanol–water partition coefficient (Wildman–Crippen LogP) is 2.85. The van der Waals surface area contributed by atoms with Gasteiger partial charge < -0.3 is 9.88 Å². The summed E-state index contributed by atoms with van der Waals surface area (Å²) in [6.45, 7) is 3.97. The molecule has 92 valence electrons. The number of nitriles is 1. The van der Waals surface area contributed by atoms with E-state index in [0.29, 0.717) is 5.56 Å². The zero-order valence-corrected chi connectivity index (χ0v) is 10.6. The number of hydrogen-bond donors (Lipinski definition) is 1. The van der Waals surface area contributed by atoms with Crippen LogP contribution >= 0.6 is 0 Å². The van der Waals surface area contributed by atoms with Gasteiger partial charge >= 0.3 is 0 Å². The molecule has 18 heavy (non-hydrogen) atoms. The zero-order chi connectivity index (χ0) is 12.8. The van der Waals surface area contributed by atoms with Crippen LogP contribution in [0.15, 0.2) is 42.6 Å². The Morgan fingerprint density at radius 3 is 2.83 bits per heavy atom. The van der Waals surface area contributed by atoms with E-state index in [2.05, 4.69) is 28.9 Å². The van der Waals surface area contributed by atoms with Crippen molar-refractivity contribution in [3.8, 4) is 11.8 Å². The van der Waals surface area contributed by atoms with Crippen molar-refractivity contribution in [2.75, 3.05) is 6.54 Å². The second kappa shape index (κ2) is 6.04. The van der Waals surface area contributed by atoms with Crippen LogP contribution in [0, 0.1) is 11.3 Å². The van der Waals surface area contributed by atoms with Crippen molar-refractivity contribution >= 4 is 0 Å². The number of nitrogens with one attached hydrogen (secondary N) is 1. The quantitative estimate of drug-likeness (QED) is 0.815. The summed E-state index contributed by atoms with van der Waals surface area (Å²) in [6.07, 6.45) is 3.12. The van der Waals surface area contributed by atoms with E-state index in [4.69, 9.17) is 5.26 Å². The highest BCUT2D eigenvalue weighted by atomic mass is 15.0. The first-order chi connectivity index (χ1) is 8.86. The first-order valence-electron chi connectivity index (χ1n) is 6.23. The van der Waals surface area contributed by atoms with Crippen LogP contribution in [0.4, 0.5) is 0 Å². The number of aromatic nitrogens is 1. The van der Waals surface area contributed by atoms with Crippen molar-refractivity contribution in [1.29, 1.82) is 5.26 Å². The Labute approximate surface area is 108 Å². The lowest BCUT2D eigenvalue weighted by Crippen LogP contribution is -2.16. The van der Waals surface area contributed by atoms with Crippen molar-refractivity contribution in [1.82, 2.24) is 9.88 Å². The van der Waals surface area contributed by atoms with Crippen LogP contribution in [0.1, 0.15) is 24.6 Å². The van der Waals surface area contributed by atoms with Crippen molar-refractivity contribution in [2.24, 2.45) is 0 Å². The Morgan fingerprint density at radius 1 is 1.22 bits per heavy atom. The second-order valence-corrected chi connectivity index (χ2v) is 4.18. The molecule has 1 heterocycles. The van der Waals surface area contributed by atoms with Crippen LogP contribution in [-0.2, 0) is 6.54 Å². The summed E-state index contributed by atoms with van der Waals surface area (Å²) in [7, 11) is 0. The van der Waals surface area contributed by atoms with Gasteiger partial charge in [0.2, 0.25) is 0 Å². The van der Waals surface area contributed by atoms with Gasteiger partial charge in [0, 0.05) is 18.4 Å². The van der Waals surface area contributed by atoms with Crippen LogP contribution in [0.5, 0.6) is 0 Å². The van der Waals surface area contributed by atoms with Crippen LogP contribution in [0.2, 0.25) is 0 Å². The van der Waals surface area contributed by atoms with Crippen molar-refractivity contribution in [3.05, 3.63) is 53.9 Å². The fourth-order valence-corrected chi connectivity index (χ4v) is 1.97. The third-order valence-corrected chi connectivity index (χ3v) is 2.85. The molecule has 2 aromatic rings. The lowest BCUT2D eigenvalue weighted by atomic mass is 10.2. The average Bonchev–Trinajstić information content (AvgIpc) is 2.87. The first-order valence-corrected chi connectivity index (χ1v) is 6.23. The Kier molecular flexibility index (Phi) is 4.16. The third kappa shape index (κ3) is 2.61. The van der Waals surface area contributed by atoms with Gasteiger partial charge in [0.05, 0.1) is 11.3 Å². The van der Waals surface area contributed by atoms with Crippen molar-refractivity contribution < 1.29 is 0 Å². The predicted molar refractivity (Wildman–Crippen MR) is 72.5 cm³/mol. The molecule has 0 radical (unpaired) electrons. The van der Waals surface area contributed by atoms with Gasteiger partial charge in [-0.1, -0.05) is 19.1 Å². The second-order valence-electron chi connectivity index (χ2n) is 4.18. The minimum Gasteiger partial charge on any atom is -0.318 e. The molecule has 0 fully saturated rings. The third-order valence-electron chi connectivity index (χ3n) is 2.85. The lowest BCUT2D eigenvalue weighted by Gasteiger charge is -2.11. The van der Waals surface area contributed by atoms with E-state index in [-0.39, 0.29) is 0 Å². The molecule has 0 bridgehead atoms. The summed E-state index contributed by atoms with van der Waals surface area (Å²) < 4.78 is 2.07. The Bertz CT molecular complexity index is 549. The van der Waals surface area contributed by atoms with E-state index in [0.717, 1.165) is 25.2 Å². The zero-order valence-electron chi connectivity index (χ0n) is 10.6. The summed E-state index contributed by atoms with van der Waals surface area (Å²) in [5.74, 6) is 0. The Morgan fingerprint density at radius 2 is 2.06 bits per heavy atom. The van der Waals surface area contributed by atoms with Gasteiger partial charge in [0.15, 0.2) is 0 Å². The molecular formula is C15H17N3. The Hall–Kier alpha value is -2.05. The molecule has 0 aliphatic heterocycles. The molecule has 3 heteroatoms. The van der Waals surface area contributed by atoms with Gasteiger partial charge in [-0.2, -0.15) is 5.26 Å². The van der Waals surface area contributed by atoms with Crippen molar-refractivity contribution in [2.45, 2.75) is 19.9 Å². The molecule has 0 spiro atoms. The smallest absolute Gasteiger partial charge is 0.101 e.